The second-order valence-corrected chi connectivity index (χ2v) is 7.11. The van der Waals surface area contributed by atoms with Gasteiger partial charge in [-0.15, -0.1) is 10.2 Å². The van der Waals surface area contributed by atoms with Gasteiger partial charge in [0.15, 0.2) is 0 Å². The van der Waals surface area contributed by atoms with Crippen molar-refractivity contribution < 1.29 is 17.6 Å². The molecule has 0 atom stereocenters. The summed E-state index contributed by atoms with van der Waals surface area (Å²) in [4.78, 5) is 8.07. The summed E-state index contributed by atoms with van der Waals surface area (Å²) in [7, 11) is 0. The number of piperazine rings is 1. The van der Waals surface area contributed by atoms with Gasteiger partial charge in [-0.05, 0) is 36.4 Å². The minimum atomic E-state index is -4.38. The van der Waals surface area contributed by atoms with E-state index in [-0.39, 0.29) is 0 Å². The van der Waals surface area contributed by atoms with Gasteiger partial charge in [0.2, 0.25) is 11.8 Å². The molecule has 152 valence electrons. The van der Waals surface area contributed by atoms with Crippen LogP contribution in [0.5, 0.6) is 0 Å². The molecule has 6 nitrogen and oxygen atoms in total. The van der Waals surface area contributed by atoms with Crippen LogP contribution in [-0.2, 0) is 12.7 Å². The predicted octanol–water partition coefficient (Wildman–Crippen LogP) is 4.13. The molecule has 1 aliphatic rings. The summed E-state index contributed by atoms with van der Waals surface area (Å²) >= 11 is 5.89. The first-order chi connectivity index (χ1) is 13.9. The van der Waals surface area contributed by atoms with Crippen LogP contribution in [0, 0.1) is 0 Å². The molecule has 1 aromatic carbocycles. The number of rotatable bonds is 4. The Kier molecular flexibility index (Phi) is 5.42. The van der Waals surface area contributed by atoms with Crippen LogP contribution in [0.1, 0.15) is 11.5 Å². The van der Waals surface area contributed by atoms with Gasteiger partial charge in [0.25, 0.3) is 0 Å². The number of hydrogen-bond donors (Lipinski definition) is 0. The summed E-state index contributed by atoms with van der Waals surface area (Å²) < 4.78 is 43.7. The van der Waals surface area contributed by atoms with Crippen LogP contribution in [0.2, 0.25) is 5.02 Å². The normalized spacial score (nSPS) is 15.7. The number of alkyl halides is 3. The Morgan fingerprint density at radius 1 is 0.966 bits per heavy atom. The molecule has 0 aliphatic carbocycles. The van der Waals surface area contributed by atoms with Gasteiger partial charge in [-0.2, -0.15) is 13.2 Å². The molecule has 1 aliphatic heterocycles. The molecule has 0 amide bonds. The van der Waals surface area contributed by atoms with E-state index in [4.69, 9.17) is 16.0 Å². The first-order valence-electron chi connectivity index (χ1n) is 8.97. The van der Waals surface area contributed by atoms with E-state index in [1.54, 1.807) is 12.1 Å². The standard InChI is InChI=1S/C19H17ClF3N5O/c20-15-4-1-13(2-5-15)18-26-25-17(29-18)12-27-7-9-28(10-8-27)16-6-3-14(11-24-16)19(21,22)23/h1-6,11H,7-10,12H2. The summed E-state index contributed by atoms with van der Waals surface area (Å²) in [5, 5.41) is 8.80. The van der Waals surface area contributed by atoms with Gasteiger partial charge in [0.1, 0.15) is 5.82 Å². The maximum atomic E-state index is 12.7. The third kappa shape index (κ3) is 4.68. The van der Waals surface area contributed by atoms with Gasteiger partial charge in [-0.25, -0.2) is 4.98 Å². The van der Waals surface area contributed by atoms with Crippen molar-refractivity contribution in [3.63, 3.8) is 0 Å². The van der Waals surface area contributed by atoms with Gasteiger partial charge in [0.05, 0.1) is 12.1 Å². The first-order valence-corrected chi connectivity index (χ1v) is 9.35. The van der Waals surface area contributed by atoms with Gasteiger partial charge < -0.3 is 9.32 Å². The van der Waals surface area contributed by atoms with E-state index in [9.17, 15) is 13.2 Å². The molecule has 2 aromatic heterocycles. The van der Waals surface area contributed by atoms with Crippen LogP contribution in [0.25, 0.3) is 11.5 Å². The number of anilines is 1. The molecule has 4 rings (SSSR count). The predicted molar refractivity (Wildman–Crippen MR) is 101 cm³/mol. The van der Waals surface area contributed by atoms with Crippen LogP contribution in [0.15, 0.2) is 47.0 Å². The van der Waals surface area contributed by atoms with E-state index in [1.807, 2.05) is 17.0 Å². The molecule has 0 saturated carbocycles. The lowest BCUT2D eigenvalue weighted by Crippen LogP contribution is -2.46. The first kappa shape index (κ1) is 19.7. The number of pyridine rings is 1. The van der Waals surface area contributed by atoms with Crippen molar-refractivity contribution >= 4 is 17.4 Å². The Hall–Kier alpha value is -2.65. The summed E-state index contributed by atoms with van der Waals surface area (Å²) in [6, 6.07) is 9.62. The van der Waals surface area contributed by atoms with Crippen molar-refractivity contribution in [3.8, 4) is 11.5 Å². The maximum absolute atomic E-state index is 12.7. The van der Waals surface area contributed by atoms with Gasteiger partial charge in [-0.1, -0.05) is 11.6 Å². The fraction of sp³-hybridized carbons (Fsp3) is 0.316. The van der Waals surface area contributed by atoms with Gasteiger partial charge in [-0.3, -0.25) is 4.90 Å². The Bertz CT molecular complexity index is 951. The third-order valence-corrected chi connectivity index (χ3v) is 4.94. The molecule has 0 N–H and O–H groups in total. The summed E-state index contributed by atoms with van der Waals surface area (Å²) in [6.07, 6.45) is -3.50. The molecular formula is C19H17ClF3N5O. The molecule has 0 spiro atoms. The van der Waals surface area contributed by atoms with Gasteiger partial charge in [0, 0.05) is 43.0 Å². The molecule has 3 heterocycles. The second-order valence-electron chi connectivity index (χ2n) is 6.67. The average Bonchev–Trinajstić information content (AvgIpc) is 3.17. The number of hydrogen-bond acceptors (Lipinski definition) is 6. The Morgan fingerprint density at radius 3 is 2.31 bits per heavy atom. The SMILES string of the molecule is FC(F)(F)c1ccc(N2CCN(Cc3nnc(-c4ccc(Cl)cc4)o3)CC2)nc1. The monoisotopic (exact) mass is 423 g/mol. The molecule has 3 aromatic rings. The highest BCUT2D eigenvalue weighted by Crippen LogP contribution is 2.29. The van der Waals surface area contributed by atoms with Crippen LogP contribution < -0.4 is 4.90 Å². The zero-order valence-corrected chi connectivity index (χ0v) is 16.0. The topological polar surface area (TPSA) is 58.3 Å². The molecule has 29 heavy (non-hydrogen) atoms. The van der Waals surface area contributed by atoms with Gasteiger partial charge >= 0.3 is 6.18 Å². The summed E-state index contributed by atoms with van der Waals surface area (Å²) in [6.45, 7) is 3.23. The fourth-order valence-corrected chi connectivity index (χ4v) is 3.22. The highest BCUT2D eigenvalue weighted by molar-refractivity contribution is 6.30. The Labute approximate surface area is 169 Å². The Balaban J connectivity index is 1.33. The summed E-state index contributed by atoms with van der Waals surface area (Å²) in [5.74, 6) is 1.49. The van der Waals surface area contributed by atoms with Crippen molar-refractivity contribution in [2.45, 2.75) is 12.7 Å². The molecule has 0 bridgehead atoms. The van der Waals surface area contributed by atoms with E-state index >= 15 is 0 Å². The molecule has 0 radical (unpaired) electrons. The molecule has 10 heteroatoms. The molecular weight excluding hydrogens is 407 g/mol. The average molecular weight is 424 g/mol. The third-order valence-electron chi connectivity index (χ3n) is 4.69. The van der Waals surface area contributed by atoms with Crippen molar-refractivity contribution in [2.24, 2.45) is 0 Å². The molecule has 1 fully saturated rings. The highest BCUT2D eigenvalue weighted by atomic mass is 35.5. The minimum Gasteiger partial charge on any atom is -0.419 e. The van der Waals surface area contributed by atoms with E-state index in [0.717, 1.165) is 17.8 Å². The van der Waals surface area contributed by atoms with Crippen molar-refractivity contribution in [3.05, 3.63) is 59.1 Å². The quantitative estimate of drug-likeness (QED) is 0.629. The number of halogens is 4. The summed E-state index contributed by atoms with van der Waals surface area (Å²) in [5.41, 5.74) is 0.0547. The van der Waals surface area contributed by atoms with Crippen LogP contribution >= 0.6 is 11.6 Å². The maximum Gasteiger partial charge on any atom is 0.417 e. The zero-order valence-electron chi connectivity index (χ0n) is 15.2. The minimum absolute atomic E-state index is 0.434. The highest BCUT2D eigenvalue weighted by Gasteiger charge is 2.31. The van der Waals surface area contributed by atoms with E-state index < -0.39 is 11.7 Å². The van der Waals surface area contributed by atoms with E-state index in [1.165, 1.54) is 6.07 Å². The van der Waals surface area contributed by atoms with E-state index in [2.05, 4.69) is 20.1 Å². The number of aromatic nitrogens is 3. The van der Waals surface area contributed by atoms with Crippen molar-refractivity contribution in [1.29, 1.82) is 0 Å². The number of nitrogens with zero attached hydrogens (tertiary/aromatic N) is 5. The largest absolute Gasteiger partial charge is 0.419 e. The van der Waals surface area contributed by atoms with Crippen LogP contribution in [0.4, 0.5) is 19.0 Å². The zero-order chi connectivity index (χ0) is 20.4. The lowest BCUT2D eigenvalue weighted by Gasteiger charge is -2.34. The Morgan fingerprint density at radius 2 is 1.69 bits per heavy atom. The lowest BCUT2D eigenvalue weighted by molar-refractivity contribution is -0.137. The van der Waals surface area contributed by atoms with Crippen LogP contribution in [0.3, 0.4) is 0 Å². The lowest BCUT2D eigenvalue weighted by atomic mass is 10.2. The fourth-order valence-electron chi connectivity index (χ4n) is 3.09. The van der Waals surface area contributed by atoms with E-state index in [0.29, 0.717) is 55.3 Å². The van der Waals surface area contributed by atoms with Crippen molar-refractivity contribution in [1.82, 2.24) is 20.1 Å². The smallest absolute Gasteiger partial charge is 0.417 e. The van der Waals surface area contributed by atoms with Crippen molar-refractivity contribution in [2.75, 3.05) is 31.1 Å². The number of benzene rings is 1. The molecule has 0 unspecified atom stereocenters. The molecule has 1 saturated heterocycles. The second kappa shape index (κ2) is 8.00. The van der Waals surface area contributed by atoms with Crippen LogP contribution in [-0.4, -0.2) is 46.3 Å².